The molecule has 0 aliphatic rings. The summed E-state index contributed by atoms with van der Waals surface area (Å²) in [6, 6.07) is 21.0. The number of hydrogen-bond donors (Lipinski definition) is 4. The maximum Gasteiger partial charge on any atom is 0.228 e. The number of anilines is 2. The molecule has 0 unspecified atom stereocenters. The Hall–Kier alpha value is -4.77. The molecule has 0 saturated heterocycles. The van der Waals surface area contributed by atoms with Crippen molar-refractivity contribution in [2.75, 3.05) is 24.0 Å². The van der Waals surface area contributed by atoms with Gasteiger partial charge in [-0.25, -0.2) is 12.8 Å². The summed E-state index contributed by atoms with van der Waals surface area (Å²) in [7, 11) is -1.99. The highest BCUT2D eigenvalue weighted by atomic mass is 32.2. The summed E-state index contributed by atoms with van der Waals surface area (Å²) in [5.41, 5.74) is 3.96. The van der Waals surface area contributed by atoms with Gasteiger partial charge in [-0.05, 0) is 65.2 Å². The van der Waals surface area contributed by atoms with E-state index in [-0.39, 0.29) is 34.7 Å². The van der Waals surface area contributed by atoms with Gasteiger partial charge in [0.25, 0.3) is 0 Å². The van der Waals surface area contributed by atoms with E-state index >= 15 is 0 Å². The second-order valence-corrected chi connectivity index (χ2v) is 10.6. The highest BCUT2D eigenvalue weighted by Gasteiger charge is 2.12. The van der Waals surface area contributed by atoms with E-state index in [1.54, 1.807) is 36.5 Å². The first-order valence-electron chi connectivity index (χ1n) is 11.7. The van der Waals surface area contributed by atoms with Gasteiger partial charge in [0.2, 0.25) is 11.9 Å². The summed E-state index contributed by atoms with van der Waals surface area (Å²) in [5.74, 6) is -0.450. The maximum atomic E-state index is 13.0. The van der Waals surface area contributed by atoms with Gasteiger partial charge in [0.1, 0.15) is 17.1 Å². The number of benzene rings is 3. The predicted octanol–water partition coefficient (Wildman–Crippen LogP) is 4.36. The Morgan fingerprint density at radius 3 is 2.28 bits per heavy atom. The van der Waals surface area contributed by atoms with Crippen LogP contribution in [0.4, 0.5) is 15.8 Å². The minimum Gasteiger partial charge on any atom is -0.495 e. The molecule has 0 spiro atoms. The van der Waals surface area contributed by atoms with E-state index in [1.807, 2.05) is 18.2 Å². The third-order valence-corrected chi connectivity index (χ3v) is 6.77. The molecular formula is C28H26FN5O4S. The SMILES string of the molecule is COc1cc(S(C)(=O)=O)ccc1NC(=N)/N=c1/ccc(-c2ccc(NC(=O)Cc3ccc(F)cc3)cc2)c[nH]1. The number of hydrogen-bond acceptors (Lipinski definition) is 5. The number of guanidine groups is 1. The van der Waals surface area contributed by atoms with Crippen molar-refractivity contribution in [1.82, 2.24) is 4.98 Å². The highest BCUT2D eigenvalue weighted by Crippen LogP contribution is 2.27. The van der Waals surface area contributed by atoms with Gasteiger partial charge < -0.3 is 20.4 Å². The number of nitrogens with one attached hydrogen (secondary N) is 4. The number of sulfone groups is 1. The van der Waals surface area contributed by atoms with Crippen LogP contribution in [0.3, 0.4) is 0 Å². The number of halogens is 1. The fraction of sp³-hybridized carbons (Fsp3) is 0.107. The first kappa shape index (κ1) is 27.3. The second-order valence-electron chi connectivity index (χ2n) is 8.61. The summed E-state index contributed by atoms with van der Waals surface area (Å²) >= 11 is 0. The van der Waals surface area contributed by atoms with E-state index in [4.69, 9.17) is 10.1 Å². The molecule has 200 valence electrons. The topological polar surface area (TPSA) is 136 Å². The van der Waals surface area contributed by atoms with Crippen molar-refractivity contribution in [2.45, 2.75) is 11.3 Å². The molecule has 11 heteroatoms. The Kier molecular flexibility index (Phi) is 8.21. The van der Waals surface area contributed by atoms with Gasteiger partial charge in [0, 0.05) is 24.2 Å². The molecule has 1 aromatic heterocycles. The van der Waals surface area contributed by atoms with E-state index in [9.17, 15) is 17.6 Å². The molecule has 0 aliphatic heterocycles. The van der Waals surface area contributed by atoms with Crippen molar-refractivity contribution < 1.29 is 22.3 Å². The quantitative estimate of drug-likeness (QED) is 0.201. The van der Waals surface area contributed by atoms with E-state index in [0.717, 1.165) is 22.9 Å². The number of nitrogens with zero attached hydrogens (tertiary/aromatic N) is 1. The number of rotatable bonds is 7. The molecule has 0 bridgehead atoms. The zero-order valence-corrected chi connectivity index (χ0v) is 22.0. The molecule has 0 saturated carbocycles. The van der Waals surface area contributed by atoms with Crippen LogP contribution in [0, 0.1) is 11.2 Å². The Balaban J connectivity index is 1.39. The van der Waals surface area contributed by atoms with E-state index in [0.29, 0.717) is 16.9 Å². The molecule has 3 aromatic carbocycles. The van der Waals surface area contributed by atoms with Crippen LogP contribution in [0.2, 0.25) is 0 Å². The van der Waals surface area contributed by atoms with Gasteiger partial charge in [0.15, 0.2) is 9.84 Å². The normalized spacial score (nSPS) is 11.6. The van der Waals surface area contributed by atoms with Gasteiger partial charge in [0.05, 0.1) is 24.1 Å². The van der Waals surface area contributed by atoms with E-state index < -0.39 is 9.84 Å². The lowest BCUT2D eigenvalue weighted by Gasteiger charge is -2.11. The second kappa shape index (κ2) is 11.7. The molecule has 4 N–H and O–H groups in total. The van der Waals surface area contributed by atoms with Crippen LogP contribution >= 0.6 is 0 Å². The lowest BCUT2D eigenvalue weighted by atomic mass is 10.1. The molecular weight excluding hydrogens is 521 g/mol. The molecule has 0 radical (unpaired) electrons. The fourth-order valence-electron chi connectivity index (χ4n) is 3.69. The smallest absolute Gasteiger partial charge is 0.228 e. The summed E-state index contributed by atoms with van der Waals surface area (Å²) in [4.78, 5) is 19.6. The van der Waals surface area contributed by atoms with Gasteiger partial charge in [-0.1, -0.05) is 24.3 Å². The molecule has 9 nitrogen and oxygen atoms in total. The first-order chi connectivity index (χ1) is 18.6. The zero-order chi connectivity index (χ0) is 28.0. The van der Waals surface area contributed by atoms with Crippen LogP contribution < -0.4 is 20.9 Å². The number of ether oxygens (including phenoxy) is 1. The standard InChI is InChI=1S/C28H26FN5O4S/c1-38-25-16-23(39(2,36)37)12-13-24(25)33-28(30)34-26-14-7-20(17-31-26)19-5-10-22(11-6-19)32-27(35)15-18-3-8-21(29)9-4-18/h3-14,16-17H,15H2,1-2H3,(H,32,35)(H3,30,31,33,34). The summed E-state index contributed by atoms with van der Waals surface area (Å²) in [5, 5.41) is 13.8. The maximum absolute atomic E-state index is 13.0. The number of amides is 1. The third kappa shape index (κ3) is 7.39. The van der Waals surface area contributed by atoms with Crippen molar-refractivity contribution >= 4 is 33.1 Å². The summed E-state index contributed by atoms with van der Waals surface area (Å²) in [6.45, 7) is 0. The van der Waals surface area contributed by atoms with Crippen molar-refractivity contribution in [3.05, 3.63) is 102 Å². The van der Waals surface area contributed by atoms with Crippen molar-refractivity contribution in [1.29, 1.82) is 5.41 Å². The van der Waals surface area contributed by atoms with Crippen LogP contribution in [0.5, 0.6) is 5.75 Å². The number of H-pyrrole nitrogens is 1. The lowest BCUT2D eigenvalue weighted by Crippen LogP contribution is -2.16. The zero-order valence-electron chi connectivity index (χ0n) is 21.2. The molecule has 4 aromatic rings. The van der Waals surface area contributed by atoms with Crippen LogP contribution in [0.25, 0.3) is 11.1 Å². The van der Waals surface area contributed by atoms with Crippen LogP contribution in [-0.4, -0.2) is 38.6 Å². The monoisotopic (exact) mass is 547 g/mol. The van der Waals surface area contributed by atoms with Gasteiger partial charge in [-0.2, -0.15) is 4.99 Å². The summed E-state index contributed by atoms with van der Waals surface area (Å²) in [6.07, 6.45) is 3.00. The Morgan fingerprint density at radius 1 is 0.974 bits per heavy atom. The van der Waals surface area contributed by atoms with Crippen molar-refractivity contribution in [3.8, 4) is 16.9 Å². The Morgan fingerprint density at radius 2 is 1.67 bits per heavy atom. The molecule has 39 heavy (non-hydrogen) atoms. The van der Waals surface area contributed by atoms with Gasteiger partial charge >= 0.3 is 0 Å². The summed E-state index contributed by atoms with van der Waals surface area (Å²) < 4.78 is 41.8. The number of methoxy groups -OCH3 is 1. The molecule has 1 amide bonds. The molecule has 0 fully saturated rings. The number of carbonyl (C=O) groups is 1. The van der Waals surface area contributed by atoms with E-state index in [2.05, 4.69) is 20.6 Å². The highest BCUT2D eigenvalue weighted by molar-refractivity contribution is 7.90. The minimum atomic E-state index is -3.40. The number of aromatic amines is 1. The van der Waals surface area contributed by atoms with Crippen LogP contribution in [-0.2, 0) is 21.1 Å². The number of pyridine rings is 1. The van der Waals surface area contributed by atoms with E-state index in [1.165, 1.54) is 37.4 Å². The largest absolute Gasteiger partial charge is 0.495 e. The number of aromatic nitrogens is 1. The average Bonchev–Trinajstić information content (AvgIpc) is 2.90. The molecule has 1 heterocycles. The van der Waals surface area contributed by atoms with Gasteiger partial charge in [-0.3, -0.25) is 10.2 Å². The van der Waals surface area contributed by atoms with Crippen molar-refractivity contribution in [3.63, 3.8) is 0 Å². The predicted molar refractivity (Wildman–Crippen MR) is 148 cm³/mol. The van der Waals surface area contributed by atoms with Crippen LogP contribution in [0.15, 0.2) is 94.9 Å². The third-order valence-electron chi connectivity index (χ3n) is 5.66. The van der Waals surface area contributed by atoms with Crippen LogP contribution in [0.1, 0.15) is 5.56 Å². The Bertz CT molecular complexity index is 1660. The van der Waals surface area contributed by atoms with Gasteiger partial charge in [-0.15, -0.1) is 0 Å². The fourth-order valence-corrected chi connectivity index (χ4v) is 4.32. The minimum absolute atomic E-state index is 0.109. The first-order valence-corrected chi connectivity index (χ1v) is 13.6. The molecule has 0 aliphatic carbocycles. The van der Waals surface area contributed by atoms with Crippen molar-refractivity contribution in [2.24, 2.45) is 4.99 Å². The number of carbonyl (C=O) groups excluding carboxylic acids is 1. The Labute approximate surface area is 224 Å². The molecule has 4 rings (SSSR count). The average molecular weight is 548 g/mol. The lowest BCUT2D eigenvalue weighted by molar-refractivity contribution is -0.115. The molecule has 0 atom stereocenters.